The highest BCUT2D eigenvalue weighted by Gasteiger charge is 2.16. The Bertz CT molecular complexity index is 442. The van der Waals surface area contributed by atoms with Gasteiger partial charge >= 0.3 is 5.69 Å². The van der Waals surface area contributed by atoms with Crippen LogP contribution in [-0.4, -0.2) is 35.0 Å². The maximum atomic E-state index is 11.0. The van der Waals surface area contributed by atoms with E-state index in [1.54, 1.807) is 17.8 Å². The number of nitro groups is 1. The highest BCUT2D eigenvalue weighted by molar-refractivity contribution is 7.98. The second-order valence-corrected chi connectivity index (χ2v) is 5.60. The molecule has 6 nitrogen and oxygen atoms in total. The van der Waals surface area contributed by atoms with Crippen molar-refractivity contribution in [2.75, 3.05) is 35.7 Å². The minimum Gasteiger partial charge on any atom is -0.370 e. The topological polar surface area (TPSA) is 80.1 Å². The van der Waals surface area contributed by atoms with Gasteiger partial charge in [0.1, 0.15) is 5.82 Å². The number of thioether (sulfide) groups is 1. The van der Waals surface area contributed by atoms with Crippen molar-refractivity contribution in [1.29, 1.82) is 0 Å². The van der Waals surface area contributed by atoms with E-state index in [-0.39, 0.29) is 5.69 Å². The molecule has 112 valence electrons. The van der Waals surface area contributed by atoms with Gasteiger partial charge < -0.3 is 10.6 Å². The first-order valence-corrected chi connectivity index (χ1v) is 8.10. The van der Waals surface area contributed by atoms with Crippen molar-refractivity contribution in [3.63, 3.8) is 0 Å². The third-order valence-corrected chi connectivity index (χ3v) is 3.60. The monoisotopic (exact) mass is 298 g/mol. The van der Waals surface area contributed by atoms with Crippen molar-refractivity contribution < 1.29 is 4.92 Å². The number of rotatable bonds is 9. The Kier molecular flexibility index (Phi) is 7.14. The van der Waals surface area contributed by atoms with Gasteiger partial charge in [0.15, 0.2) is 0 Å². The summed E-state index contributed by atoms with van der Waals surface area (Å²) < 4.78 is 0. The van der Waals surface area contributed by atoms with E-state index in [9.17, 15) is 10.1 Å². The normalized spacial score (nSPS) is 11.9. The Morgan fingerprint density at radius 1 is 1.45 bits per heavy atom. The maximum Gasteiger partial charge on any atom is 0.311 e. The van der Waals surface area contributed by atoms with E-state index in [0.717, 1.165) is 18.7 Å². The molecule has 1 unspecified atom stereocenters. The van der Waals surface area contributed by atoms with Crippen LogP contribution in [0.4, 0.5) is 17.3 Å². The molecular formula is C13H22N4O2S. The van der Waals surface area contributed by atoms with Gasteiger partial charge in [-0.3, -0.25) is 10.1 Å². The Balaban J connectivity index is 2.80. The lowest BCUT2D eigenvalue weighted by atomic mass is 10.2. The number of nitrogens with zero attached hydrogens (tertiary/aromatic N) is 2. The maximum absolute atomic E-state index is 11.0. The molecule has 1 rings (SSSR count). The number of anilines is 2. The molecule has 0 aromatic carbocycles. The lowest BCUT2D eigenvalue weighted by Gasteiger charge is -2.13. The van der Waals surface area contributed by atoms with Gasteiger partial charge in [-0.05, 0) is 30.4 Å². The largest absolute Gasteiger partial charge is 0.370 e. The predicted molar refractivity (Wildman–Crippen MR) is 85.7 cm³/mol. The van der Waals surface area contributed by atoms with E-state index < -0.39 is 4.92 Å². The molecule has 0 bridgehead atoms. The SMILES string of the molecule is CCCNc1ccc([N+](=O)[O-])c(NCC(C)CSC)n1. The smallest absolute Gasteiger partial charge is 0.311 e. The van der Waals surface area contributed by atoms with Gasteiger partial charge in [-0.25, -0.2) is 4.98 Å². The van der Waals surface area contributed by atoms with Gasteiger partial charge in [-0.15, -0.1) is 0 Å². The van der Waals surface area contributed by atoms with E-state index in [4.69, 9.17) is 0 Å². The lowest BCUT2D eigenvalue weighted by molar-refractivity contribution is -0.384. The van der Waals surface area contributed by atoms with Gasteiger partial charge in [0, 0.05) is 19.2 Å². The van der Waals surface area contributed by atoms with Crippen LogP contribution < -0.4 is 10.6 Å². The molecule has 0 saturated heterocycles. The first-order chi connectivity index (χ1) is 9.58. The molecule has 0 aliphatic carbocycles. The van der Waals surface area contributed by atoms with Crippen LogP contribution in [0.3, 0.4) is 0 Å². The van der Waals surface area contributed by atoms with Crippen molar-refractivity contribution in [3.8, 4) is 0 Å². The molecule has 0 radical (unpaired) electrons. The van der Waals surface area contributed by atoms with Crippen LogP contribution in [0, 0.1) is 16.0 Å². The van der Waals surface area contributed by atoms with Crippen LogP contribution in [0.25, 0.3) is 0 Å². The Morgan fingerprint density at radius 2 is 2.20 bits per heavy atom. The Hall–Kier alpha value is -1.50. The number of hydrogen-bond donors (Lipinski definition) is 2. The van der Waals surface area contributed by atoms with Crippen LogP contribution >= 0.6 is 11.8 Å². The summed E-state index contributed by atoms with van der Waals surface area (Å²) in [5, 5.41) is 17.2. The fraction of sp³-hybridized carbons (Fsp3) is 0.615. The van der Waals surface area contributed by atoms with Crippen LogP contribution in [0.15, 0.2) is 12.1 Å². The standard InChI is InChI=1S/C13H22N4O2S/c1-4-7-14-12-6-5-11(17(18)19)13(16-12)15-8-10(2)9-20-3/h5-6,10H,4,7-9H2,1-3H3,(H2,14,15,16). The van der Waals surface area contributed by atoms with Crippen LogP contribution in [-0.2, 0) is 0 Å². The van der Waals surface area contributed by atoms with Crippen molar-refractivity contribution >= 4 is 29.1 Å². The summed E-state index contributed by atoms with van der Waals surface area (Å²) in [5.74, 6) is 2.44. The number of nitrogens with one attached hydrogen (secondary N) is 2. The average Bonchev–Trinajstić information content (AvgIpc) is 2.43. The fourth-order valence-corrected chi connectivity index (χ4v) is 2.38. The molecule has 1 aromatic heterocycles. The second-order valence-electron chi connectivity index (χ2n) is 4.69. The third-order valence-electron chi connectivity index (χ3n) is 2.70. The van der Waals surface area contributed by atoms with E-state index >= 15 is 0 Å². The molecule has 0 spiro atoms. The Labute approximate surface area is 123 Å². The zero-order valence-electron chi connectivity index (χ0n) is 12.2. The van der Waals surface area contributed by atoms with Gasteiger partial charge in [-0.2, -0.15) is 11.8 Å². The zero-order chi connectivity index (χ0) is 15.0. The number of aromatic nitrogens is 1. The molecule has 1 atom stereocenters. The molecule has 2 N–H and O–H groups in total. The summed E-state index contributed by atoms with van der Waals surface area (Å²) >= 11 is 1.76. The molecule has 0 aliphatic rings. The summed E-state index contributed by atoms with van der Waals surface area (Å²) in [6.07, 6.45) is 3.03. The third kappa shape index (κ3) is 5.24. The van der Waals surface area contributed by atoms with Gasteiger partial charge in [-0.1, -0.05) is 13.8 Å². The van der Waals surface area contributed by atoms with Crippen LogP contribution in [0.2, 0.25) is 0 Å². The first kappa shape index (κ1) is 16.6. The van der Waals surface area contributed by atoms with Gasteiger partial charge in [0.05, 0.1) is 4.92 Å². The summed E-state index contributed by atoms with van der Waals surface area (Å²) in [6, 6.07) is 3.14. The first-order valence-electron chi connectivity index (χ1n) is 6.70. The molecule has 0 saturated carbocycles. The summed E-state index contributed by atoms with van der Waals surface area (Å²) in [6.45, 7) is 5.63. The quantitative estimate of drug-likeness (QED) is 0.538. The average molecular weight is 298 g/mol. The fourth-order valence-electron chi connectivity index (χ4n) is 1.70. The molecule has 1 aromatic rings. The van der Waals surface area contributed by atoms with Crippen LogP contribution in [0.1, 0.15) is 20.3 Å². The number of pyridine rings is 1. The van der Waals surface area contributed by atoms with Crippen molar-refractivity contribution in [1.82, 2.24) is 4.98 Å². The van der Waals surface area contributed by atoms with E-state index in [0.29, 0.717) is 24.1 Å². The van der Waals surface area contributed by atoms with Gasteiger partial charge in [0.2, 0.25) is 5.82 Å². The van der Waals surface area contributed by atoms with E-state index in [2.05, 4.69) is 29.5 Å². The highest BCUT2D eigenvalue weighted by Crippen LogP contribution is 2.24. The predicted octanol–water partition coefficient (Wildman–Crippen LogP) is 3.22. The molecule has 0 fully saturated rings. The molecule has 20 heavy (non-hydrogen) atoms. The lowest BCUT2D eigenvalue weighted by Crippen LogP contribution is -2.15. The van der Waals surface area contributed by atoms with Gasteiger partial charge in [0.25, 0.3) is 0 Å². The number of hydrogen-bond acceptors (Lipinski definition) is 6. The highest BCUT2D eigenvalue weighted by atomic mass is 32.2. The van der Waals surface area contributed by atoms with Crippen molar-refractivity contribution in [2.24, 2.45) is 5.92 Å². The molecule has 0 aliphatic heterocycles. The Morgan fingerprint density at radius 3 is 2.80 bits per heavy atom. The van der Waals surface area contributed by atoms with E-state index in [1.807, 2.05) is 6.26 Å². The second kappa shape index (κ2) is 8.63. The summed E-state index contributed by atoms with van der Waals surface area (Å²) in [4.78, 5) is 14.9. The summed E-state index contributed by atoms with van der Waals surface area (Å²) in [7, 11) is 0. The van der Waals surface area contributed by atoms with Crippen LogP contribution in [0.5, 0.6) is 0 Å². The molecule has 0 amide bonds. The molecule has 1 heterocycles. The van der Waals surface area contributed by atoms with Crippen molar-refractivity contribution in [3.05, 3.63) is 22.2 Å². The molecular weight excluding hydrogens is 276 g/mol. The summed E-state index contributed by atoms with van der Waals surface area (Å²) in [5.41, 5.74) is 0.0170. The molecule has 7 heteroatoms. The van der Waals surface area contributed by atoms with E-state index in [1.165, 1.54) is 6.07 Å². The minimum absolute atomic E-state index is 0.0170. The zero-order valence-corrected chi connectivity index (χ0v) is 13.0. The van der Waals surface area contributed by atoms with Crippen molar-refractivity contribution in [2.45, 2.75) is 20.3 Å². The minimum atomic E-state index is -0.405.